The zero-order valence-electron chi connectivity index (χ0n) is 10.1. The van der Waals surface area contributed by atoms with E-state index < -0.39 is 0 Å². The van der Waals surface area contributed by atoms with Crippen molar-refractivity contribution in [1.82, 2.24) is 9.80 Å². The predicted molar refractivity (Wildman–Crippen MR) is 59.4 cm³/mol. The molecule has 3 nitrogen and oxygen atoms in total. The molecule has 0 aromatic rings. The van der Waals surface area contributed by atoms with Crippen LogP contribution in [0.25, 0.3) is 0 Å². The van der Waals surface area contributed by atoms with Gasteiger partial charge in [-0.25, -0.2) is 0 Å². The molecule has 1 atom stereocenters. The van der Waals surface area contributed by atoms with Crippen molar-refractivity contribution in [2.75, 3.05) is 26.7 Å². The maximum atomic E-state index is 9.26. The van der Waals surface area contributed by atoms with E-state index in [-0.39, 0.29) is 12.1 Å². The molecule has 1 rings (SSSR count). The molecule has 0 aromatic carbocycles. The summed E-state index contributed by atoms with van der Waals surface area (Å²) in [6.07, 6.45) is 0. The second kappa shape index (κ2) is 4.17. The third kappa shape index (κ3) is 2.27. The van der Waals surface area contributed by atoms with Crippen LogP contribution in [0.1, 0.15) is 27.7 Å². The van der Waals surface area contributed by atoms with Gasteiger partial charge in [-0.3, -0.25) is 9.80 Å². The number of aliphatic hydroxyl groups excluding tert-OH is 1. The summed E-state index contributed by atoms with van der Waals surface area (Å²) in [4.78, 5) is 4.74. The summed E-state index contributed by atoms with van der Waals surface area (Å²) in [5.74, 6) is 0. The number of piperazine rings is 1. The Balaban J connectivity index is 2.74. The highest BCUT2D eigenvalue weighted by molar-refractivity contribution is 4.94. The van der Waals surface area contributed by atoms with Crippen molar-refractivity contribution in [3.05, 3.63) is 0 Å². The number of rotatable bonds is 2. The van der Waals surface area contributed by atoms with E-state index in [2.05, 4.69) is 44.5 Å². The lowest BCUT2D eigenvalue weighted by Crippen LogP contribution is -2.64. The van der Waals surface area contributed by atoms with Crippen LogP contribution in [0.5, 0.6) is 0 Å². The molecule has 3 heteroatoms. The van der Waals surface area contributed by atoms with Gasteiger partial charge in [-0.1, -0.05) is 0 Å². The molecule has 1 fully saturated rings. The number of aliphatic hydroxyl groups is 1. The molecule has 0 aliphatic carbocycles. The first-order valence-electron chi connectivity index (χ1n) is 5.46. The molecular formula is C11H24N2O. The Labute approximate surface area is 87.7 Å². The lowest BCUT2D eigenvalue weighted by molar-refractivity contribution is -0.0386. The molecule has 1 aliphatic rings. The van der Waals surface area contributed by atoms with Crippen molar-refractivity contribution in [1.29, 1.82) is 0 Å². The molecule has 0 aromatic heterocycles. The van der Waals surface area contributed by atoms with Gasteiger partial charge < -0.3 is 5.11 Å². The predicted octanol–water partition coefficient (Wildman–Crippen LogP) is 0.782. The van der Waals surface area contributed by atoms with Crippen LogP contribution < -0.4 is 0 Å². The number of likely N-dealkylation sites (N-methyl/N-ethyl adjacent to an activating group) is 1. The molecule has 1 unspecified atom stereocenters. The number of hydrogen-bond donors (Lipinski definition) is 1. The van der Waals surface area contributed by atoms with Gasteiger partial charge >= 0.3 is 0 Å². The molecule has 0 spiro atoms. The van der Waals surface area contributed by atoms with Gasteiger partial charge in [-0.2, -0.15) is 0 Å². The minimum Gasteiger partial charge on any atom is -0.395 e. The van der Waals surface area contributed by atoms with Gasteiger partial charge in [0.05, 0.1) is 6.61 Å². The van der Waals surface area contributed by atoms with Gasteiger partial charge in [-0.15, -0.1) is 0 Å². The Morgan fingerprint density at radius 2 is 2.00 bits per heavy atom. The maximum Gasteiger partial charge on any atom is 0.0599 e. The molecular weight excluding hydrogens is 176 g/mol. The lowest BCUT2D eigenvalue weighted by Gasteiger charge is -2.51. The topological polar surface area (TPSA) is 26.7 Å². The Morgan fingerprint density at radius 1 is 1.43 bits per heavy atom. The quantitative estimate of drug-likeness (QED) is 0.713. The minimum absolute atomic E-state index is 0.217. The highest BCUT2D eigenvalue weighted by Gasteiger charge is 2.37. The second-order valence-electron chi connectivity index (χ2n) is 5.31. The van der Waals surface area contributed by atoms with Crippen molar-refractivity contribution in [3.63, 3.8) is 0 Å². The van der Waals surface area contributed by atoms with Crippen molar-refractivity contribution in [3.8, 4) is 0 Å². The van der Waals surface area contributed by atoms with Gasteiger partial charge in [0.15, 0.2) is 0 Å². The molecule has 0 bridgehead atoms. The first-order valence-corrected chi connectivity index (χ1v) is 5.46. The largest absolute Gasteiger partial charge is 0.395 e. The van der Waals surface area contributed by atoms with Crippen LogP contribution in [-0.2, 0) is 0 Å². The first-order chi connectivity index (χ1) is 6.38. The molecule has 1 N–H and O–H groups in total. The fraction of sp³-hybridized carbons (Fsp3) is 1.00. The molecule has 1 aliphatic heterocycles. The summed E-state index contributed by atoms with van der Waals surface area (Å²) < 4.78 is 0. The zero-order chi connectivity index (χ0) is 10.9. The normalized spacial score (nSPS) is 29.8. The van der Waals surface area contributed by atoms with E-state index in [1.165, 1.54) is 0 Å². The van der Waals surface area contributed by atoms with E-state index in [1.807, 2.05) is 0 Å². The standard InChI is InChI=1S/C11H24N2O/c1-9(2)13-6-10(7-14)12(5)8-11(13,3)4/h9-10,14H,6-8H2,1-5H3. The molecule has 84 valence electrons. The monoisotopic (exact) mass is 200 g/mol. The first kappa shape index (κ1) is 12.0. The third-order valence-corrected chi connectivity index (χ3v) is 3.28. The van der Waals surface area contributed by atoms with E-state index in [9.17, 15) is 5.11 Å². The summed E-state index contributed by atoms with van der Waals surface area (Å²) in [6, 6.07) is 0.846. The van der Waals surface area contributed by atoms with E-state index in [4.69, 9.17) is 0 Å². The van der Waals surface area contributed by atoms with Crippen molar-refractivity contribution in [2.45, 2.75) is 45.3 Å². The Kier molecular flexibility index (Phi) is 3.56. The van der Waals surface area contributed by atoms with Crippen LogP contribution in [0.15, 0.2) is 0 Å². The van der Waals surface area contributed by atoms with Gasteiger partial charge in [-0.05, 0) is 34.7 Å². The average molecular weight is 200 g/mol. The lowest BCUT2D eigenvalue weighted by atomic mass is 9.94. The Bertz CT molecular complexity index is 192. The van der Waals surface area contributed by atoms with E-state index in [0.717, 1.165) is 13.1 Å². The molecule has 1 heterocycles. The summed E-state index contributed by atoms with van der Waals surface area (Å²) in [6.45, 7) is 11.3. The highest BCUT2D eigenvalue weighted by atomic mass is 16.3. The zero-order valence-corrected chi connectivity index (χ0v) is 10.1. The van der Waals surface area contributed by atoms with Gasteiger partial charge in [0.1, 0.15) is 0 Å². The van der Waals surface area contributed by atoms with Crippen LogP contribution in [0.2, 0.25) is 0 Å². The summed E-state index contributed by atoms with van der Waals surface area (Å²) in [7, 11) is 2.10. The van der Waals surface area contributed by atoms with E-state index in [0.29, 0.717) is 12.1 Å². The van der Waals surface area contributed by atoms with E-state index in [1.54, 1.807) is 0 Å². The van der Waals surface area contributed by atoms with Crippen LogP contribution in [-0.4, -0.2) is 59.3 Å². The fourth-order valence-corrected chi connectivity index (χ4v) is 2.55. The summed E-state index contributed by atoms with van der Waals surface area (Å²) >= 11 is 0. The second-order valence-corrected chi connectivity index (χ2v) is 5.31. The van der Waals surface area contributed by atoms with Crippen LogP contribution in [0, 0.1) is 0 Å². The Hall–Kier alpha value is -0.120. The van der Waals surface area contributed by atoms with Gasteiger partial charge in [0, 0.05) is 30.7 Å². The van der Waals surface area contributed by atoms with Crippen molar-refractivity contribution in [2.24, 2.45) is 0 Å². The molecule has 14 heavy (non-hydrogen) atoms. The van der Waals surface area contributed by atoms with Crippen molar-refractivity contribution < 1.29 is 5.11 Å². The fourth-order valence-electron chi connectivity index (χ4n) is 2.55. The minimum atomic E-state index is 0.217. The maximum absolute atomic E-state index is 9.26. The summed E-state index contributed by atoms with van der Waals surface area (Å²) in [5.41, 5.74) is 0.217. The summed E-state index contributed by atoms with van der Waals surface area (Å²) in [5, 5.41) is 9.26. The molecule has 0 amide bonds. The Morgan fingerprint density at radius 3 is 2.43 bits per heavy atom. The van der Waals surface area contributed by atoms with Crippen molar-refractivity contribution >= 4 is 0 Å². The smallest absolute Gasteiger partial charge is 0.0599 e. The van der Waals surface area contributed by atoms with Gasteiger partial charge in [0.25, 0.3) is 0 Å². The molecule has 0 radical (unpaired) electrons. The molecule has 1 saturated heterocycles. The van der Waals surface area contributed by atoms with Crippen LogP contribution in [0.3, 0.4) is 0 Å². The third-order valence-electron chi connectivity index (χ3n) is 3.28. The van der Waals surface area contributed by atoms with Crippen LogP contribution in [0.4, 0.5) is 0 Å². The van der Waals surface area contributed by atoms with Crippen LogP contribution >= 0.6 is 0 Å². The van der Waals surface area contributed by atoms with E-state index >= 15 is 0 Å². The van der Waals surface area contributed by atoms with Gasteiger partial charge in [0.2, 0.25) is 0 Å². The number of hydrogen-bond acceptors (Lipinski definition) is 3. The highest BCUT2D eigenvalue weighted by Crippen LogP contribution is 2.25. The average Bonchev–Trinajstić information content (AvgIpc) is 2.01. The molecule has 0 saturated carbocycles. The SMILES string of the molecule is CC(C)N1CC(CO)N(C)CC1(C)C. The number of nitrogens with zero attached hydrogens (tertiary/aromatic N) is 2.